The summed E-state index contributed by atoms with van der Waals surface area (Å²) in [5.74, 6) is 0.423. The van der Waals surface area contributed by atoms with Gasteiger partial charge in [0.1, 0.15) is 11.3 Å². The van der Waals surface area contributed by atoms with Gasteiger partial charge < -0.3 is 19.6 Å². The molecule has 1 saturated heterocycles. The Morgan fingerprint density at radius 1 is 1.13 bits per heavy atom. The maximum atomic E-state index is 16.6. The van der Waals surface area contributed by atoms with Crippen molar-refractivity contribution in [2.24, 2.45) is 0 Å². The molecule has 39 heavy (non-hydrogen) atoms. The van der Waals surface area contributed by atoms with Crippen LogP contribution in [0.2, 0.25) is 5.02 Å². The summed E-state index contributed by atoms with van der Waals surface area (Å²) in [5, 5.41) is 8.71. The van der Waals surface area contributed by atoms with E-state index in [4.69, 9.17) is 21.6 Å². The van der Waals surface area contributed by atoms with Crippen LogP contribution in [0.3, 0.4) is 0 Å². The minimum atomic E-state index is -0.499. The first-order valence-electron chi connectivity index (χ1n) is 12.8. The standard InChI is InChI=1S/C28H32ClFN8O/c1-6-22(39)37-11-13-38(14-12-37)27-18-15-20(29)24(23-17(2)7-8-21-19(23)16-31-34-21)25(30)26(18)32-28(33-27)36(5)10-9-35(3)4/h6-8,15-16H,1,9-14H2,2-5H3,(H,31,34). The minimum absolute atomic E-state index is 0.103. The van der Waals surface area contributed by atoms with E-state index in [1.807, 2.05) is 45.1 Å². The number of carbonyl (C=O) groups excluding carboxylic acids is 1. The highest BCUT2D eigenvalue weighted by atomic mass is 35.5. The predicted octanol–water partition coefficient (Wildman–Crippen LogP) is 4.11. The van der Waals surface area contributed by atoms with Crippen molar-refractivity contribution in [2.75, 3.05) is 70.2 Å². The third-order valence-electron chi connectivity index (χ3n) is 7.22. The number of benzene rings is 2. The van der Waals surface area contributed by atoms with Crippen LogP contribution in [-0.4, -0.2) is 96.3 Å². The fourth-order valence-electron chi connectivity index (χ4n) is 4.99. The molecule has 4 aromatic rings. The zero-order valence-electron chi connectivity index (χ0n) is 22.6. The minimum Gasteiger partial charge on any atom is -0.352 e. The fourth-order valence-corrected chi connectivity index (χ4v) is 5.27. The first kappa shape index (κ1) is 26.8. The van der Waals surface area contributed by atoms with Gasteiger partial charge in [-0.1, -0.05) is 24.2 Å². The van der Waals surface area contributed by atoms with Crippen molar-refractivity contribution in [3.8, 4) is 11.1 Å². The first-order chi connectivity index (χ1) is 18.7. The summed E-state index contributed by atoms with van der Waals surface area (Å²) < 4.78 is 16.6. The number of hydrogen-bond acceptors (Lipinski definition) is 7. The Labute approximate surface area is 231 Å². The van der Waals surface area contributed by atoms with Crippen LogP contribution in [-0.2, 0) is 4.79 Å². The monoisotopic (exact) mass is 550 g/mol. The van der Waals surface area contributed by atoms with Gasteiger partial charge in [0.05, 0.1) is 16.7 Å². The molecule has 2 aromatic carbocycles. The summed E-state index contributed by atoms with van der Waals surface area (Å²) in [4.78, 5) is 29.6. The Morgan fingerprint density at radius 2 is 1.87 bits per heavy atom. The van der Waals surface area contributed by atoms with Crippen LogP contribution in [0.15, 0.2) is 37.1 Å². The largest absolute Gasteiger partial charge is 0.352 e. The quantitative estimate of drug-likeness (QED) is 0.347. The molecule has 0 radical (unpaired) electrons. The average Bonchev–Trinajstić information content (AvgIpc) is 3.41. The Morgan fingerprint density at radius 3 is 2.56 bits per heavy atom. The molecule has 0 spiro atoms. The number of nitrogens with zero attached hydrogens (tertiary/aromatic N) is 7. The van der Waals surface area contributed by atoms with Crippen molar-refractivity contribution in [2.45, 2.75) is 6.92 Å². The molecule has 0 atom stereocenters. The van der Waals surface area contributed by atoms with Crippen LogP contribution in [0.5, 0.6) is 0 Å². The average molecular weight is 551 g/mol. The van der Waals surface area contributed by atoms with Crippen molar-refractivity contribution in [1.29, 1.82) is 0 Å². The fraction of sp³-hybridized carbons (Fsp3) is 0.357. The van der Waals surface area contributed by atoms with Crippen molar-refractivity contribution < 1.29 is 9.18 Å². The number of anilines is 2. The molecule has 0 bridgehead atoms. The lowest BCUT2D eigenvalue weighted by molar-refractivity contribution is -0.126. The smallest absolute Gasteiger partial charge is 0.246 e. The number of piperazine rings is 1. The molecule has 0 saturated carbocycles. The maximum absolute atomic E-state index is 16.6. The van der Waals surface area contributed by atoms with Crippen LogP contribution in [0.4, 0.5) is 16.2 Å². The second-order valence-electron chi connectivity index (χ2n) is 10.1. The third-order valence-corrected chi connectivity index (χ3v) is 7.52. The molecule has 9 nitrogen and oxygen atoms in total. The number of fused-ring (bicyclic) bond motifs is 2. The number of nitrogens with one attached hydrogen (secondary N) is 1. The zero-order valence-corrected chi connectivity index (χ0v) is 23.4. The number of hydrogen-bond donors (Lipinski definition) is 1. The molecule has 1 fully saturated rings. The second kappa shape index (κ2) is 10.8. The van der Waals surface area contributed by atoms with Gasteiger partial charge in [-0.3, -0.25) is 9.89 Å². The van der Waals surface area contributed by atoms with Gasteiger partial charge in [-0.25, -0.2) is 9.37 Å². The van der Waals surface area contributed by atoms with Gasteiger partial charge in [0.15, 0.2) is 5.82 Å². The summed E-state index contributed by atoms with van der Waals surface area (Å²) >= 11 is 6.84. The Balaban J connectivity index is 1.68. The molecule has 1 N–H and O–H groups in total. The van der Waals surface area contributed by atoms with E-state index >= 15 is 4.39 Å². The van der Waals surface area contributed by atoms with Crippen molar-refractivity contribution in [1.82, 2.24) is 30.0 Å². The number of H-pyrrole nitrogens is 1. The Kier molecular flexibility index (Phi) is 7.42. The van der Waals surface area contributed by atoms with Crippen molar-refractivity contribution in [3.05, 3.63) is 53.5 Å². The van der Waals surface area contributed by atoms with Gasteiger partial charge in [0.25, 0.3) is 0 Å². The highest BCUT2D eigenvalue weighted by Gasteiger charge is 2.27. The van der Waals surface area contributed by atoms with Crippen LogP contribution in [0.25, 0.3) is 32.9 Å². The summed E-state index contributed by atoms with van der Waals surface area (Å²) in [6.07, 6.45) is 3.01. The summed E-state index contributed by atoms with van der Waals surface area (Å²) in [6.45, 7) is 9.07. The highest BCUT2D eigenvalue weighted by Crippen LogP contribution is 2.42. The maximum Gasteiger partial charge on any atom is 0.246 e. The number of carbonyl (C=O) groups is 1. The van der Waals surface area contributed by atoms with Crippen LogP contribution in [0.1, 0.15) is 5.56 Å². The number of rotatable bonds is 7. The molecular formula is C28H32ClFN8O. The third kappa shape index (κ3) is 5.02. The molecule has 0 aliphatic carbocycles. The van der Waals surface area contributed by atoms with E-state index in [0.717, 1.165) is 23.0 Å². The topological polar surface area (TPSA) is 84.5 Å². The summed E-state index contributed by atoms with van der Waals surface area (Å²) in [6, 6.07) is 5.60. The summed E-state index contributed by atoms with van der Waals surface area (Å²) in [7, 11) is 5.90. The Hall–Kier alpha value is -3.76. The van der Waals surface area contributed by atoms with Crippen LogP contribution >= 0.6 is 11.6 Å². The summed E-state index contributed by atoms with van der Waals surface area (Å²) in [5.41, 5.74) is 2.86. The lowest BCUT2D eigenvalue weighted by atomic mass is 9.95. The van der Waals surface area contributed by atoms with Crippen LogP contribution in [0, 0.1) is 12.7 Å². The zero-order chi connectivity index (χ0) is 27.8. The van der Waals surface area contributed by atoms with Crippen molar-refractivity contribution >= 4 is 51.1 Å². The second-order valence-corrected chi connectivity index (χ2v) is 10.5. The SMILES string of the molecule is C=CC(=O)N1CCN(c2nc(N(C)CCN(C)C)nc3c(F)c(-c4c(C)ccc5[nH]ncc45)c(Cl)cc23)CC1. The molecule has 3 heterocycles. The van der Waals surface area contributed by atoms with E-state index in [-0.39, 0.29) is 16.4 Å². The van der Waals surface area contributed by atoms with Gasteiger partial charge in [-0.15, -0.1) is 0 Å². The highest BCUT2D eigenvalue weighted by molar-refractivity contribution is 6.35. The number of aryl methyl sites for hydroxylation is 1. The molecule has 0 unspecified atom stereocenters. The number of amides is 1. The Bertz CT molecular complexity index is 1560. The van der Waals surface area contributed by atoms with E-state index in [2.05, 4.69) is 26.6 Å². The number of likely N-dealkylation sites (N-methyl/N-ethyl adjacent to an activating group) is 2. The van der Waals surface area contributed by atoms with Gasteiger partial charge in [0, 0.05) is 68.2 Å². The van der Waals surface area contributed by atoms with E-state index < -0.39 is 5.82 Å². The molecule has 11 heteroatoms. The number of halogens is 2. The van der Waals surface area contributed by atoms with Gasteiger partial charge >= 0.3 is 0 Å². The molecule has 204 valence electrons. The lowest BCUT2D eigenvalue weighted by Crippen LogP contribution is -2.48. The number of aromatic nitrogens is 4. The normalized spacial score (nSPS) is 14.0. The molecule has 5 rings (SSSR count). The molecule has 2 aromatic heterocycles. The molecular weight excluding hydrogens is 519 g/mol. The molecule has 1 aliphatic heterocycles. The van der Waals surface area contributed by atoms with Crippen molar-refractivity contribution in [3.63, 3.8) is 0 Å². The van der Waals surface area contributed by atoms with Gasteiger partial charge in [0.2, 0.25) is 11.9 Å². The molecule has 1 aliphatic rings. The lowest BCUT2D eigenvalue weighted by Gasteiger charge is -2.35. The number of aromatic amines is 1. The van der Waals surface area contributed by atoms with Gasteiger partial charge in [-0.05, 0) is 44.8 Å². The van der Waals surface area contributed by atoms with E-state index in [1.165, 1.54) is 6.08 Å². The predicted molar refractivity (Wildman–Crippen MR) is 155 cm³/mol. The van der Waals surface area contributed by atoms with Crippen LogP contribution < -0.4 is 9.80 Å². The van der Waals surface area contributed by atoms with Gasteiger partial charge in [-0.2, -0.15) is 10.1 Å². The first-order valence-corrected chi connectivity index (χ1v) is 13.2. The van der Waals surface area contributed by atoms with E-state index in [0.29, 0.717) is 61.0 Å². The van der Waals surface area contributed by atoms with E-state index in [1.54, 1.807) is 17.2 Å². The van der Waals surface area contributed by atoms with E-state index in [9.17, 15) is 4.79 Å². The molecule has 1 amide bonds.